The van der Waals surface area contributed by atoms with Crippen LogP contribution in [0.2, 0.25) is 0 Å². The van der Waals surface area contributed by atoms with Gasteiger partial charge in [-0.2, -0.15) is 0 Å². The van der Waals surface area contributed by atoms with Crippen LogP contribution in [0.5, 0.6) is 0 Å². The summed E-state index contributed by atoms with van der Waals surface area (Å²) in [4.78, 5) is 2.25. The van der Waals surface area contributed by atoms with Gasteiger partial charge in [0, 0.05) is 44.7 Å². The van der Waals surface area contributed by atoms with E-state index in [0.717, 1.165) is 38.3 Å². The van der Waals surface area contributed by atoms with Crippen molar-refractivity contribution in [1.29, 1.82) is 0 Å². The summed E-state index contributed by atoms with van der Waals surface area (Å²) in [7, 11) is -3.35. The smallest absolute Gasteiger partial charge is 0.233 e. The second kappa shape index (κ2) is 7.54. The average Bonchev–Trinajstić information content (AvgIpc) is 2.47. The molecule has 1 aliphatic heterocycles. The summed E-state index contributed by atoms with van der Waals surface area (Å²) < 4.78 is 26.2. The maximum absolute atomic E-state index is 11.8. The van der Waals surface area contributed by atoms with Gasteiger partial charge in [-0.3, -0.25) is 4.90 Å². The maximum Gasteiger partial charge on any atom is 0.233 e. The first-order chi connectivity index (χ1) is 9.66. The largest absolute Gasteiger partial charge is 0.314 e. The molecule has 1 saturated heterocycles. The van der Waals surface area contributed by atoms with Crippen molar-refractivity contribution in [3.63, 3.8) is 0 Å². The molecule has 1 aromatic rings. The lowest BCUT2D eigenvalue weighted by Gasteiger charge is -2.26. The van der Waals surface area contributed by atoms with E-state index in [-0.39, 0.29) is 0 Å². The number of nitrogens with one attached hydrogen (secondary N) is 2. The Labute approximate surface area is 120 Å². The van der Waals surface area contributed by atoms with Crippen molar-refractivity contribution >= 4 is 16.1 Å². The molecule has 0 aromatic heterocycles. The lowest BCUT2D eigenvalue weighted by molar-refractivity contribution is 0.245. The van der Waals surface area contributed by atoms with Crippen molar-refractivity contribution in [1.82, 2.24) is 14.9 Å². The average molecular weight is 295 g/mol. The van der Waals surface area contributed by atoms with Crippen LogP contribution >= 0.6 is 0 Å². The van der Waals surface area contributed by atoms with Gasteiger partial charge in [-0.05, 0) is 11.6 Å². The van der Waals surface area contributed by atoms with Crippen molar-refractivity contribution in [2.75, 3.05) is 39.3 Å². The molecule has 0 radical (unpaired) electrons. The topological polar surface area (TPSA) is 61.4 Å². The Morgan fingerprint density at radius 1 is 1.20 bits per heavy atom. The third-order valence-electron chi connectivity index (χ3n) is 3.18. The molecular formula is C14H21N3O2S. The molecular weight excluding hydrogens is 274 g/mol. The molecule has 1 aliphatic rings. The third kappa shape index (κ3) is 5.42. The Bertz CT molecular complexity index is 523. The molecule has 0 bridgehead atoms. The van der Waals surface area contributed by atoms with Crippen LogP contribution in [0, 0.1) is 0 Å². The van der Waals surface area contributed by atoms with Gasteiger partial charge in [0.05, 0.1) is 0 Å². The number of hydrogen-bond acceptors (Lipinski definition) is 4. The highest BCUT2D eigenvalue weighted by molar-refractivity contribution is 7.92. The van der Waals surface area contributed by atoms with Gasteiger partial charge in [-0.25, -0.2) is 13.1 Å². The fourth-order valence-corrected chi connectivity index (χ4v) is 2.87. The second-order valence-electron chi connectivity index (χ2n) is 4.74. The highest BCUT2D eigenvalue weighted by Gasteiger charge is 2.10. The van der Waals surface area contributed by atoms with Gasteiger partial charge in [0.2, 0.25) is 10.0 Å². The van der Waals surface area contributed by atoms with E-state index in [1.807, 2.05) is 30.3 Å². The van der Waals surface area contributed by atoms with Crippen molar-refractivity contribution in [3.8, 4) is 0 Å². The zero-order valence-electron chi connectivity index (χ0n) is 11.5. The van der Waals surface area contributed by atoms with E-state index in [0.29, 0.717) is 6.54 Å². The molecule has 1 fully saturated rings. The van der Waals surface area contributed by atoms with Gasteiger partial charge in [-0.15, -0.1) is 0 Å². The summed E-state index contributed by atoms with van der Waals surface area (Å²) in [6, 6.07) is 9.39. The van der Waals surface area contributed by atoms with Crippen LogP contribution < -0.4 is 10.0 Å². The zero-order valence-corrected chi connectivity index (χ0v) is 12.3. The van der Waals surface area contributed by atoms with E-state index in [2.05, 4.69) is 14.9 Å². The molecule has 2 rings (SSSR count). The Morgan fingerprint density at radius 2 is 1.90 bits per heavy atom. The highest BCUT2D eigenvalue weighted by Crippen LogP contribution is 2.02. The normalized spacial score (nSPS) is 17.6. The Kier molecular flexibility index (Phi) is 5.72. The fourth-order valence-electron chi connectivity index (χ4n) is 2.06. The van der Waals surface area contributed by atoms with Crippen LogP contribution in [0.15, 0.2) is 35.7 Å². The molecule has 2 N–H and O–H groups in total. The molecule has 1 aromatic carbocycles. The number of hydrogen-bond donors (Lipinski definition) is 2. The summed E-state index contributed by atoms with van der Waals surface area (Å²) in [6.45, 7) is 5.09. The number of nitrogens with zero attached hydrogens (tertiary/aromatic N) is 1. The van der Waals surface area contributed by atoms with Crippen LogP contribution in [-0.4, -0.2) is 52.6 Å². The summed E-state index contributed by atoms with van der Waals surface area (Å²) in [6.07, 6.45) is 1.60. The standard InChI is InChI=1S/C14H21N3O2S/c18-20(19,13-6-14-4-2-1-3-5-14)16-9-12-17-10-7-15-8-11-17/h1-6,13,15-16H,7-12H2. The second-order valence-corrected chi connectivity index (χ2v) is 6.40. The minimum absolute atomic E-state index is 0.446. The van der Waals surface area contributed by atoms with Crippen molar-refractivity contribution in [2.24, 2.45) is 0 Å². The predicted octanol–water partition coefficient (Wildman–Crippen LogP) is 0.482. The quantitative estimate of drug-likeness (QED) is 0.801. The number of piperazine rings is 1. The highest BCUT2D eigenvalue weighted by atomic mass is 32.2. The van der Waals surface area contributed by atoms with Crippen molar-refractivity contribution in [2.45, 2.75) is 0 Å². The minimum Gasteiger partial charge on any atom is -0.314 e. The minimum atomic E-state index is -3.35. The molecule has 1 heterocycles. The first-order valence-corrected chi connectivity index (χ1v) is 8.36. The van der Waals surface area contributed by atoms with E-state index in [4.69, 9.17) is 0 Å². The van der Waals surface area contributed by atoms with E-state index < -0.39 is 10.0 Å². The van der Waals surface area contributed by atoms with E-state index in [1.165, 1.54) is 5.41 Å². The maximum atomic E-state index is 11.8. The molecule has 0 atom stereocenters. The lowest BCUT2D eigenvalue weighted by atomic mass is 10.2. The molecule has 0 saturated carbocycles. The molecule has 0 unspecified atom stereocenters. The molecule has 5 nitrogen and oxygen atoms in total. The van der Waals surface area contributed by atoms with Gasteiger partial charge in [0.15, 0.2) is 0 Å². The molecule has 0 spiro atoms. The van der Waals surface area contributed by atoms with Gasteiger partial charge < -0.3 is 5.32 Å². The van der Waals surface area contributed by atoms with Crippen LogP contribution in [-0.2, 0) is 10.0 Å². The summed E-state index contributed by atoms with van der Waals surface area (Å²) in [5.41, 5.74) is 0.875. The van der Waals surface area contributed by atoms with Gasteiger partial charge in [0.25, 0.3) is 0 Å². The van der Waals surface area contributed by atoms with E-state index in [9.17, 15) is 8.42 Å². The zero-order chi connectivity index (χ0) is 14.3. The third-order valence-corrected chi connectivity index (χ3v) is 4.28. The molecule has 0 amide bonds. The predicted molar refractivity (Wildman–Crippen MR) is 81.7 cm³/mol. The van der Waals surface area contributed by atoms with Crippen molar-refractivity contribution in [3.05, 3.63) is 41.3 Å². The van der Waals surface area contributed by atoms with Gasteiger partial charge >= 0.3 is 0 Å². The van der Waals surface area contributed by atoms with E-state index >= 15 is 0 Å². The summed E-state index contributed by atoms with van der Waals surface area (Å²) in [5, 5.41) is 4.49. The number of rotatable bonds is 6. The van der Waals surface area contributed by atoms with E-state index in [1.54, 1.807) is 6.08 Å². The van der Waals surface area contributed by atoms with Crippen LogP contribution in [0.4, 0.5) is 0 Å². The summed E-state index contributed by atoms with van der Waals surface area (Å²) in [5.74, 6) is 0. The Hall–Kier alpha value is -1.21. The lowest BCUT2D eigenvalue weighted by Crippen LogP contribution is -2.46. The van der Waals surface area contributed by atoms with Crippen LogP contribution in [0.1, 0.15) is 5.56 Å². The Morgan fingerprint density at radius 3 is 2.60 bits per heavy atom. The van der Waals surface area contributed by atoms with Crippen LogP contribution in [0.25, 0.3) is 6.08 Å². The molecule has 6 heteroatoms. The van der Waals surface area contributed by atoms with Gasteiger partial charge in [-0.1, -0.05) is 30.3 Å². The first kappa shape index (κ1) is 15.2. The molecule has 20 heavy (non-hydrogen) atoms. The Balaban J connectivity index is 1.77. The van der Waals surface area contributed by atoms with Gasteiger partial charge in [0.1, 0.15) is 0 Å². The molecule has 110 valence electrons. The fraction of sp³-hybridized carbons (Fsp3) is 0.429. The van der Waals surface area contributed by atoms with Crippen molar-refractivity contribution < 1.29 is 8.42 Å². The van der Waals surface area contributed by atoms with Crippen LogP contribution in [0.3, 0.4) is 0 Å². The number of sulfonamides is 1. The summed E-state index contributed by atoms with van der Waals surface area (Å²) >= 11 is 0. The SMILES string of the molecule is O=S(=O)(C=Cc1ccccc1)NCCN1CCNCC1. The molecule has 0 aliphatic carbocycles. The first-order valence-electron chi connectivity index (χ1n) is 6.82. The monoisotopic (exact) mass is 295 g/mol. The number of benzene rings is 1.